The molecule has 15 heavy (non-hydrogen) atoms. The van der Waals surface area contributed by atoms with Gasteiger partial charge in [0.25, 0.3) is 0 Å². The van der Waals surface area contributed by atoms with Crippen molar-refractivity contribution in [2.45, 2.75) is 37.3 Å². The highest BCUT2D eigenvalue weighted by Gasteiger charge is 2.13. The third-order valence-corrected chi connectivity index (χ3v) is 2.81. The summed E-state index contributed by atoms with van der Waals surface area (Å²) in [6.07, 6.45) is 0. The van der Waals surface area contributed by atoms with Crippen LogP contribution in [0.4, 0.5) is 5.69 Å². The Morgan fingerprint density at radius 1 is 1.33 bits per heavy atom. The number of nitrogens with two attached hydrogens (primary N) is 1. The molecule has 0 aromatic heterocycles. The van der Waals surface area contributed by atoms with Gasteiger partial charge in [0.1, 0.15) is 5.75 Å². The van der Waals surface area contributed by atoms with Crippen LogP contribution < -0.4 is 10.5 Å². The van der Waals surface area contributed by atoms with Crippen LogP contribution in [0.15, 0.2) is 23.1 Å². The number of hydrogen-bond donors (Lipinski definition) is 1. The normalized spacial score (nSPS) is 11.5. The van der Waals surface area contributed by atoms with Gasteiger partial charge in [0, 0.05) is 9.64 Å². The minimum Gasteiger partial charge on any atom is -0.492 e. The van der Waals surface area contributed by atoms with Gasteiger partial charge in [-0.2, -0.15) is 0 Å². The summed E-state index contributed by atoms with van der Waals surface area (Å²) in [4.78, 5) is 1.19. The van der Waals surface area contributed by atoms with Gasteiger partial charge >= 0.3 is 0 Å². The third kappa shape index (κ3) is 4.04. The maximum absolute atomic E-state index is 5.81. The fourth-order valence-corrected chi connectivity index (χ4v) is 2.22. The zero-order chi connectivity index (χ0) is 11.5. The Balaban J connectivity index is 2.87. The quantitative estimate of drug-likeness (QED) is 0.631. The van der Waals surface area contributed by atoms with Crippen molar-refractivity contribution >= 4 is 17.4 Å². The molecule has 1 rings (SSSR count). The lowest BCUT2D eigenvalue weighted by Crippen LogP contribution is -2.06. The summed E-state index contributed by atoms with van der Waals surface area (Å²) >= 11 is 1.81. The van der Waals surface area contributed by atoms with Crippen molar-refractivity contribution in [2.24, 2.45) is 0 Å². The standard InChI is InChI=1S/C12H19NOS/c1-5-14-11-8-9(6-7-10(11)13)15-12(2,3)4/h6-8H,5,13H2,1-4H3. The third-order valence-electron chi connectivity index (χ3n) is 1.71. The number of benzene rings is 1. The van der Waals surface area contributed by atoms with Gasteiger partial charge < -0.3 is 10.5 Å². The SMILES string of the molecule is CCOc1cc(SC(C)(C)C)ccc1N. The van der Waals surface area contributed by atoms with Gasteiger partial charge in [-0.1, -0.05) is 20.8 Å². The average molecular weight is 225 g/mol. The summed E-state index contributed by atoms with van der Waals surface area (Å²) < 4.78 is 5.66. The molecule has 0 spiro atoms. The van der Waals surface area contributed by atoms with E-state index >= 15 is 0 Å². The van der Waals surface area contributed by atoms with Crippen LogP contribution in [0.25, 0.3) is 0 Å². The zero-order valence-corrected chi connectivity index (χ0v) is 10.6. The van der Waals surface area contributed by atoms with Crippen molar-refractivity contribution in [3.05, 3.63) is 18.2 Å². The Bertz CT molecular complexity index is 331. The van der Waals surface area contributed by atoms with Crippen LogP contribution in [0.3, 0.4) is 0 Å². The second kappa shape index (κ2) is 4.79. The highest BCUT2D eigenvalue weighted by molar-refractivity contribution is 8.00. The summed E-state index contributed by atoms with van der Waals surface area (Å²) in [5.41, 5.74) is 6.51. The van der Waals surface area contributed by atoms with Crippen LogP contribution in [-0.4, -0.2) is 11.4 Å². The maximum Gasteiger partial charge on any atom is 0.143 e. The molecular weight excluding hydrogens is 206 g/mol. The first-order chi connectivity index (χ1) is 6.92. The first-order valence-electron chi connectivity index (χ1n) is 5.13. The minimum atomic E-state index is 0.208. The van der Waals surface area contributed by atoms with Gasteiger partial charge in [-0.15, -0.1) is 11.8 Å². The van der Waals surface area contributed by atoms with E-state index in [-0.39, 0.29) is 4.75 Å². The number of ether oxygens (including phenoxy) is 1. The van der Waals surface area contributed by atoms with Gasteiger partial charge in [0.2, 0.25) is 0 Å². The predicted molar refractivity (Wildman–Crippen MR) is 67.6 cm³/mol. The molecule has 3 heteroatoms. The lowest BCUT2D eigenvalue weighted by Gasteiger charge is -2.18. The Morgan fingerprint density at radius 3 is 2.53 bits per heavy atom. The molecule has 2 N–H and O–H groups in total. The molecule has 1 aromatic rings. The Morgan fingerprint density at radius 2 is 2.00 bits per heavy atom. The van der Waals surface area contributed by atoms with Crippen LogP contribution in [0.5, 0.6) is 5.75 Å². The molecule has 0 atom stereocenters. The number of rotatable bonds is 3. The molecule has 0 radical (unpaired) electrons. The first kappa shape index (κ1) is 12.2. The molecule has 0 bridgehead atoms. The van der Waals surface area contributed by atoms with Crippen LogP contribution in [-0.2, 0) is 0 Å². The molecule has 2 nitrogen and oxygen atoms in total. The minimum absolute atomic E-state index is 0.208. The van der Waals surface area contributed by atoms with Crippen LogP contribution >= 0.6 is 11.8 Å². The molecule has 0 aliphatic carbocycles. The zero-order valence-electron chi connectivity index (χ0n) is 9.83. The molecule has 0 saturated carbocycles. The Hall–Kier alpha value is -0.830. The van der Waals surface area contributed by atoms with E-state index in [1.165, 1.54) is 4.90 Å². The highest BCUT2D eigenvalue weighted by Crippen LogP contribution is 2.35. The molecule has 84 valence electrons. The molecular formula is C12H19NOS. The first-order valence-corrected chi connectivity index (χ1v) is 5.95. The van der Waals surface area contributed by atoms with Crippen molar-refractivity contribution < 1.29 is 4.74 Å². The monoisotopic (exact) mass is 225 g/mol. The topological polar surface area (TPSA) is 35.2 Å². The van der Waals surface area contributed by atoms with Gasteiger partial charge in [-0.25, -0.2) is 0 Å². The molecule has 0 aliphatic rings. The van der Waals surface area contributed by atoms with Gasteiger partial charge in [0.15, 0.2) is 0 Å². The van der Waals surface area contributed by atoms with Crippen LogP contribution in [0.1, 0.15) is 27.7 Å². The fourth-order valence-electron chi connectivity index (χ4n) is 1.21. The second-order valence-electron chi connectivity index (χ2n) is 4.35. The lowest BCUT2D eigenvalue weighted by molar-refractivity contribution is 0.341. The number of hydrogen-bond acceptors (Lipinski definition) is 3. The second-order valence-corrected chi connectivity index (χ2v) is 6.25. The summed E-state index contributed by atoms with van der Waals surface area (Å²) in [6, 6.07) is 5.95. The molecule has 1 aromatic carbocycles. The Labute approximate surface area is 96.2 Å². The highest BCUT2D eigenvalue weighted by atomic mass is 32.2. The average Bonchev–Trinajstić information content (AvgIpc) is 2.09. The van der Waals surface area contributed by atoms with E-state index in [4.69, 9.17) is 10.5 Å². The van der Waals surface area contributed by atoms with Gasteiger partial charge in [-0.3, -0.25) is 0 Å². The van der Waals surface area contributed by atoms with E-state index in [0.717, 1.165) is 5.75 Å². The van der Waals surface area contributed by atoms with E-state index in [0.29, 0.717) is 12.3 Å². The number of anilines is 1. The van der Waals surface area contributed by atoms with Crippen molar-refractivity contribution in [3.63, 3.8) is 0 Å². The smallest absolute Gasteiger partial charge is 0.143 e. The number of thioether (sulfide) groups is 1. The maximum atomic E-state index is 5.81. The largest absolute Gasteiger partial charge is 0.492 e. The predicted octanol–water partition coefficient (Wildman–Crippen LogP) is 3.56. The van der Waals surface area contributed by atoms with E-state index in [2.05, 4.69) is 20.8 Å². The van der Waals surface area contributed by atoms with Crippen LogP contribution in [0, 0.1) is 0 Å². The molecule has 0 saturated heterocycles. The lowest BCUT2D eigenvalue weighted by atomic mass is 10.3. The fraction of sp³-hybridized carbons (Fsp3) is 0.500. The van der Waals surface area contributed by atoms with Gasteiger partial charge in [-0.05, 0) is 25.1 Å². The summed E-state index contributed by atoms with van der Waals surface area (Å²) in [7, 11) is 0. The van der Waals surface area contributed by atoms with Crippen molar-refractivity contribution in [3.8, 4) is 5.75 Å². The van der Waals surface area contributed by atoms with Gasteiger partial charge in [0.05, 0.1) is 12.3 Å². The van der Waals surface area contributed by atoms with E-state index in [1.54, 1.807) is 0 Å². The summed E-state index contributed by atoms with van der Waals surface area (Å²) in [5.74, 6) is 0.784. The Kier molecular flexibility index (Phi) is 3.91. The summed E-state index contributed by atoms with van der Waals surface area (Å²) in [5, 5.41) is 0. The van der Waals surface area contributed by atoms with E-state index in [9.17, 15) is 0 Å². The van der Waals surface area contributed by atoms with E-state index in [1.807, 2.05) is 36.9 Å². The van der Waals surface area contributed by atoms with Crippen molar-refractivity contribution in [2.75, 3.05) is 12.3 Å². The molecule has 0 aliphatic heterocycles. The van der Waals surface area contributed by atoms with Crippen LogP contribution in [0.2, 0.25) is 0 Å². The summed E-state index contributed by atoms with van der Waals surface area (Å²) in [6.45, 7) is 9.17. The molecule has 0 unspecified atom stereocenters. The van der Waals surface area contributed by atoms with E-state index < -0.39 is 0 Å². The van der Waals surface area contributed by atoms with Crippen molar-refractivity contribution in [1.29, 1.82) is 0 Å². The molecule has 0 heterocycles. The van der Waals surface area contributed by atoms with Crippen molar-refractivity contribution in [1.82, 2.24) is 0 Å². The molecule has 0 amide bonds. The number of nitrogen functional groups attached to an aromatic ring is 1. The molecule has 0 fully saturated rings.